The minimum absolute atomic E-state index is 0.184. The molecule has 2 aromatic carbocycles. The number of fused-ring (bicyclic) bond motifs is 2. The van der Waals surface area contributed by atoms with E-state index >= 15 is 4.39 Å². The van der Waals surface area contributed by atoms with E-state index in [1.807, 2.05) is 71.3 Å². The summed E-state index contributed by atoms with van der Waals surface area (Å²) in [5.74, 6) is 0.483. The third kappa shape index (κ3) is 7.60. The van der Waals surface area contributed by atoms with Crippen LogP contribution in [0.5, 0.6) is 5.75 Å². The molecule has 12 nitrogen and oxygen atoms in total. The molecule has 0 spiro atoms. The van der Waals surface area contributed by atoms with E-state index in [4.69, 9.17) is 41.9 Å². The van der Waals surface area contributed by atoms with Crippen molar-refractivity contribution in [3.63, 3.8) is 0 Å². The molecule has 0 bridgehead atoms. The predicted molar refractivity (Wildman–Crippen MR) is 187 cm³/mol. The van der Waals surface area contributed by atoms with Crippen molar-refractivity contribution >= 4 is 63.8 Å². The molecule has 5 rings (SSSR count). The number of ether oxygens (including phenoxy) is 2. The smallest absolute Gasteiger partial charge is 0.323 e. The van der Waals surface area contributed by atoms with Crippen molar-refractivity contribution in [1.82, 2.24) is 24.6 Å². The molecule has 0 saturated carbocycles. The lowest BCUT2D eigenvalue weighted by atomic mass is 9.99. The van der Waals surface area contributed by atoms with Crippen molar-refractivity contribution in [2.45, 2.75) is 64.8 Å². The number of carbonyl (C=O) groups is 1. The van der Waals surface area contributed by atoms with E-state index in [1.54, 1.807) is 24.8 Å². The average Bonchev–Trinajstić information content (AvgIpc) is 3.56. The lowest BCUT2D eigenvalue weighted by Crippen LogP contribution is -2.48. The van der Waals surface area contributed by atoms with Crippen LogP contribution in [0.15, 0.2) is 48.8 Å². The van der Waals surface area contributed by atoms with Gasteiger partial charge >= 0.3 is 12.6 Å². The summed E-state index contributed by atoms with van der Waals surface area (Å²) in [5.41, 5.74) is -1.26. The summed E-state index contributed by atoms with van der Waals surface area (Å²) in [6.07, 6.45) is -3.64. The Labute approximate surface area is 289 Å². The van der Waals surface area contributed by atoms with Gasteiger partial charge in [0.05, 0.1) is 25.4 Å². The number of esters is 1. The van der Waals surface area contributed by atoms with Crippen molar-refractivity contribution in [1.29, 1.82) is 0 Å². The van der Waals surface area contributed by atoms with Gasteiger partial charge < -0.3 is 28.5 Å². The lowest BCUT2D eigenvalue weighted by molar-refractivity contribution is -0.148. The molecule has 1 saturated heterocycles. The number of aryl methyl sites for hydroxylation is 1. The fraction of sp³-hybridized carbons (Fsp3) is 0.500. The summed E-state index contributed by atoms with van der Waals surface area (Å²) in [6, 6.07) is 12.1. The van der Waals surface area contributed by atoms with E-state index in [-0.39, 0.29) is 17.9 Å². The van der Waals surface area contributed by atoms with E-state index in [2.05, 4.69) is 20.0 Å². The Balaban J connectivity index is 1.44. The SMILES string of the molecule is Cc1nc(N(C)C)c2ncn([C@@H]3O[C@](CCl)(CO[P@](=S)(N[C@H](C)C(=O)OCC(C)(C)C)Oc4cccc5ccccc45)[C@@H](O)[C@@H]3F)c2n1. The van der Waals surface area contributed by atoms with Gasteiger partial charge in [-0.1, -0.05) is 57.2 Å². The normalized spacial score (nSPS) is 23.2. The molecule has 2 N–H and O–H groups in total. The molecule has 1 aliphatic rings. The lowest BCUT2D eigenvalue weighted by Gasteiger charge is -2.33. The third-order valence-electron chi connectivity index (χ3n) is 7.71. The maximum atomic E-state index is 16.0. The van der Waals surface area contributed by atoms with E-state index < -0.39 is 49.4 Å². The third-order valence-corrected chi connectivity index (χ3v) is 10.6. The van der Waals surface area contributed by atoms with Crippen LogP contribution >= 0.6 is 18.2 Å². The summed E-state index contributed by atoms with van der Waals surface area (Å²) in [6.45, 7) is 5.20. The van der Waals surface area contributed by atoms with Crippen LogP contribution in [0.2, 0.25) is 0 Å². The number of rotatable bonds is 12. The van der Waals surface area contributed by atoms with E-state index in [9.17, 15) is 9.90 Å². The van der Waals surface area contributed by atoms with Crippen LogP contribution in [0, 0.1) is 12.3 Å². The summed E-state index contributed by atoms with van der Waals surface area (Å²) < 4.78 is 41.8. The molecule has 0 radical (unpaired) electrons. The molecule has 3 heterocycles. The predicted octanol–water partition coefficient (Wildman–Crippen LogP) is 5.45. The molecule has 0 unspecified atom stereocenters. The second-order valence-corrected chi connectivity index (χ2v) is 16.7. The number of hydrogen-bond donors (Lipinski definition) is 2. The monoisotopic (exact) mass is 722 g/mol. The van der Waals surface area contributed by atoms with Gasteiger partial charge in [0.1, 0.15) is 29.3 Å². The van der Waals surface area contributed by atoms with Crippen molar-refractivity contribution in [2.75, 3.05) is 38.1 Å². The highest BCUT2D eigenvalue weighted by Crippen LogP contribution is 2.50. The van der Waals surface area contributed by atoms with E-state index in [0.29, 0.717) is 28.6 Å². The van der Waals surface area contributed by atoms with Gasteiger partial charge in [0.15, 0.2) is 29.4 Å². The zero-order valence-corrected chi connectivity index (χ0v) is 30.4. The van der Waals surface area contributed by atoms with Crippen molar-refractivity contribution < 1.29 is 32.8 Å². The van der Waals surface area contributed by atoms with Gasteiger partial charge in [0.2, 0.25) is 0 Å². The van der Waals surface area contributed by atoms with Gasteiger partial charge in [-0.25, -0.2) is 24.4 Å². The zero-order valence-electron chi connectivity index (χ0n) is 27.9. The number of nitrogens with one attached hydrogen (secondary N) is 1. The van der Waals surface area contributed by atoms with Crippen LogP contribution in [-0.2, 0) is 30.6 Å². The molecule has 16 heteroatoms. The zero-order chi connectivity index (χ0) is 35.0. The Morgan fingerprint density at radius 3 is 2.65 bits per heavy atom. The summed E-state index contributed by atoms with van der Waals surface area (Å²) in [5, 5.41) is 16.0. The summed E-state index contributed by atoms with van der Waals surface area (Å²) in [4.78, 5) is 28.1. The average molecular weight is 723 g/mol. The Morgan fingerprint density at radius 2 is 1.96 bits per heavy atom. The highest BCUT2D eigenvalue weighted by Gasteiger charge is 2.57. The number of hydrogen-bond acceptors (Lipinski definition) is 11. The molecule has 0 amide bonds. The largest absolute Gasteiger partial charge is 0.464 e. The molecule has 1 fully saturated rings. The topological polar surface area (TPSA) is 133 Å². The standard InChI is InChI=1S/C32H41ClFN6O6PS/c1-19(30(42)43-16-31(3,4)5)38-47(48,46-23-14-10-12-21-11-8-9-13-22(21)23)44-17-32(15-33)26(41)24(34)29(45-32)40-18-35-25-27(39(6)7)36-20(2)37-28(25)40/h8-14,18-19,24,26,29,41H,15-17H2,1-7H3,(H,38,48)/t19-,24+,26+,29-,32-,47-/m1/s1. The molecule has 260 valence electrons. The van der Waals surface area contributed by atoms with Crippen molar-refractivity contribution in [3.05, 3.63) is 54.6 Å². The van der Waals surface area contributed by atoms with Crippen LogP contribution in [0.3, 0.4) is 0 Å². The Kier molecular flexibility index (Phi) is 10.7. The Hall–Kier alpha value is -2.97. The van der Waals surface area contributed by atoms with Gasteiger partial charge in [0, 0.05) is 19.5 Å². The first-order valence-corrected chi connectivity index (χ1v) is 18.5. The number of nitrogens with zero attached hydrogens (tertiary/aromatic N) is 5. The molecule has 2 aromatic heterocycles. The maximum Gasteiger partial charge on any atom is 0.323 e. The second kappa shape index (κ2) is 14.1. The van der Waals surface area contributed by atoms with Gasteiger partial charge in [-0.15, -0.1) is 11.6 Å². The van der Waals surface area contributed by atoms with Gasteiger partial charge in [-0.05, 0) is 42.5 Å². The number of alkyl halides is 2. The molecular weight excluding hydrogens is 682 g/mol. The number of aliphatic hydroxyl groups is 1. The fourth-order valence-corrected chi connectivity index (χ4v) is 7.94. The molecule has 4 aromatic rings. The number of imidazole rings is 1. The molecule has 48 heavy (non-hydrogen) atoms. The van der Waals surface area contributed by atoms with Crippen molar-refractivity contribution in [3.8, 4) is 5.75 Å². The quantitative estimate of drug-likeness (QED) is 0.110. The van der Waals surface area contributed by atoms with Crippen LogP contribution in [0.1, 0.15) is 39.7 Å². The molecular formula is C32H41ClFN6O6PS. The number of halogens is 2. The summed E-state index contributed by atoms with van der Waals surface area (Å²) >= 11 is 12.4. The number of benzene rings is 2. The number of anilines is 1. The Bertz CT molecular complexity index is 1840. The first-order valence-electron chi connectivity index (χ1n) is 15.4. The van der Waals surface area contributed by atoms with Crippen LogP contribution in [0.25, 0.3) is 21.9 Å². The number of aromatic nitrogens is 4. The fourth-order valence-electron chi connectivity index (χ4n) is 5.20. The van der Waals surface area contributed by atoms with Crippen molar-refractivity contribution in [2.24, 2.45) is 5.41 Å². The summed E-state index contributed by atoms with van der Waals surface area (Å²) in [7, 11) is 3.63. The van der Waals surface area contributed by atoms with Gasteiger partial charge in [-0.2, -0.15) is 0 Å². The van der Waals surface area contributed by atoms with Gasteiger partial charge in [0.25, 0.3) is 0 Å². The van der Waals surface area contributed by atoms with Crippen LogP contribution in [0.4, 0.5) is 10.2 Å². The number of aliphatic hydroxyl groups excluding tert-OH is 1. The molecule has 1 aliphatic heterocycles. The Morgan fingerprint density at radius 1 is 1.25 bits per heavy atom. The highest BCUT2D eigenvalue weighted by atomic mass is 35.5. The highest BCUT2D eigenvalue weighted by molar-refractivity contribution is 8.09. The second-order valence-electron chi connectivity index (χ2n) is 13.3. The first kappa shape index (κ1) is 36.3. The van der Waals surface area contributed by atoms with Gasteiger partial charge in [-0.3, -0.25) is 9.36 Å². The van der Waals surface area contributed by atoms with Crippen LogP contribution < -0.4 is 14.5 Å². The molecule has 6 atom stereocenters. The minimum atomic E-state index is -3.65. The van der Waals surface area contributed by atoms with Crippen LogP contribution in [-0.4, -0.2) is 87.7 Å². The molecule has 0 aliphatic carbocycles. The minimum Gasteiger partial charge on any atom is -0.464 e. The number of carbonyl (C=O) groups excluding carboxylic acids is 1. The van der Waals surface area contributed by atoms with E-state index in [0.717, 1.165) is 10.8 Å². The first-order chi connectivity index (χ1) is 22.6. The maximum absolute atomic E-state index is 16.0. The van der Waals surface area contributed by atoms with E-state index in [1.165, 1.54) is 10.9 Å².